The second-order valence-electron chi connectivity index (χ2n) is 4.77. The molecule has 0 aromatic carbocycles. The van der Waals surface area contributed by atoms with Gasteiger partial charge in [-0.3, -0.25) is 4.99 Å². The maximum Gasteiger partial charge on any atom is 0.0962 e. The summed E-state index contributed by atoms with van der Waals surface area (Å²) in [5.74, 6) is 1.16. The number of hydrogen-bond acceptors (Lipinski definition) is 1. The van der Waals surface area contributed by atoms with Crippen molar-refractivity contribution >= 4 is 5.84 Å². The lowest BCUT2D eigenvalue weighted by Crippen LogP contribution is -2.20. The second-order valence-corrected chi connectivity index (χ2v) is 4.77. The molecule has 0 saturated heterocycles. The molecular weight excluding hydrogens is 148 g/mol. The van der Waals surface area contributed by atoms with Crippen molar-refractivity contribution < 1.29 is 0 Å². The van der Waals surface area contributed by atoms with E-state index < -0.39 is 0 Å². The van der Waals surface area contributed by atoms with Crippen LogP contribution in [0.2, 0.25) is 0 Å². The van der Waals surface area contributed by atoms with E-state index in [4.69, 9.17) is 5.73 Å². The zero-order valence-corrected chi connectivity index (χ0v) is 9.02. The van der Waals surface area contributed by atoms with E-state index in [9.17, 15) is 0 Å². The average Bonchev–Trinajstić information content (AvgIpc) is 1.84. The van der Waals surface area contributed by atoms with Gasteiger partial charge in [0.05, 0.1) is 5.84 Å². The quantitative estimate of drug-likeness (QED) is 0.512. The molecule has 2 N–H and O–H groups in total. The summed E-state index contributed by atoms with van der Waals surface area (Å²) in [7, 11) is 0. The van der Waals surface area contributed by atoms with Gasteiger partial charge in [0, 0.05) is 12.5 Å². The minimum absolute atomic E-state index is 0.362. The molecule has 0 spiro atoms. The van der Waals surface area contributed by atoms with E-state index >= 15 is 0 Å². The molecule has 0 rings (SSSR count). The lowest BCUT2D eigenvalue weighted by Gasteiger charge is -2.16. The number of rotatable bonds is 3. The van der Waals surface area contributed by atoms with Gasteiger partial charge in [-0.25, -0.2) is 0 Å². The molecule has 2 heteroatoms. The molecule has 12 heavy (non-hydrogen) atoms. The van der Waals surface area contributed by atoms with Gasteiger partial charge in [0.2, 0.25) is 0 Å². The predicted octanol–water partition coefficient (Wildman–Crippen LogP) is 2.44. The van der Waals surface area contributed by atoms with Crippen LogP contribution in [-0.4, -0.2) is 12.4 Å². The molecule has 0 unspecified atom stereocenters. The molecule has 2 nitrogen and oxygen atoms in total. The SMILES string of the molecule is CC(C)C(N)=NCCC(C)(C)C. The first-order valence-corrected chi connectivity index (χ1v) is 4.63. The van der Waals surface area contributed by atoms with Gasteiger partial charge >= 0.3 is 0 Å². The van der Waals surface area contributed by atoms with Crippen LogP contribution >= 0.6 is 0 Å². The highest BCUT2D eigenvalue weighted by Gasteiger charge is 2.08. The van der Waals surface area contributed by atoms with Gasteiger partial charge in [-0.2, -0.15) is 0 Å². The number of nitrogens with zero attached hydrogens (tertiary/aromatic N) is 1. The fourth-order valence-corrected chi connectivity index (χ4v) is 0.703. The van der Waals surface area contributed by atoms with Gasteiger partial charge in [-0.05, 0) is 11.8 Å². The van der Waals surface area contributed by atoms with Gasteiger partial charge in [0.25, 0.3) is 0 Å². The Bertz CT molecular complexity index is 152. The van der Waals surface area contributed by atoms with E-state index in [1.54, 1.807) is 0 Å². The Labute approximate surface area is 76.3 Å². The molecule has 0 atom stereocenters. The molecule has 0 fully saturated rings. The van der Waals surface area contributed by atoms with Gasteiger partial charge in [0.15, 0.2) is 0 Å². The first-order valence-electron chi connectivity index (χ1n) is 4.63. The van der Waals surface area contributed by atoms with Gasteiger partial charge in [0.1, 0.15) is 0 Å². The molecule has 72 valence electrons. The monoisotopic (exact) mass is 170 g/mol. The summed E-state index contributed by atoms with van der Waals surface area (Å²) in [4.78, 5) is 4.30. The van der Waals surface area contributed by atoms with Crippen molar-refractivity contribution in [2.75, 3.05) is 6.54 Å². The Balaban J connectivity index is 3.75. The molecule has 0 heterocycles. The van der Waals surface area contributed by atoms with E-state index in [1.807, 2.05) is 0 Å². The fourth-order valence-electron chi connectivity index (χ4n) is 0.703. The van der Waals surface area contributed by atoms with Crippen molar-refractivity contribution in [3.63, 3.8) is 0 Å². The molecule has 0 aliphatic rings. The number of hydrogen-bond donors (Lipinski definition) is 1. The third-order valence-corrected chi connectivity index (χ3v) is 1.75. The number of nitrogens with two attached hydrogens (primary N) is 1. The van der Waals surface area contributed by atoms with Crippen LogP contribution in [0, 0.1) is 11.3 Å². The van der Waals surface area contributed by atoms with E-state index in [0.29, 0.717) is 11.3 Å². The first kappa shape index (κ1) is 11.5. The van der Waals surface area contributed by atoms with Crippen LogP contribution < -0.4 is 5.73 Å². The van der Waals surface area contributed by atoms with E-state index in [0.717, 1.165) is 18.8 Å². The highest BCUT2D eigenvalue weighted by molar-refractivity contribution is 5.82. The van der Waals surface area contributed by atoms with Crippen molar-refractivity contribution in [2.45, 2.75) is 41.0 Å². The molecule has 0 saturated carbocycles. The van der Waals surface area contributed by atoms with Gasteiger partial charge < -0.3 is 5.73 Å². The minimum Gasteiger partial charge on any atom is -0.387 e. The first-order chi connectivity index (χ1) is 5.33. The summed E-state index contributed by atoms with van der Waals surface area (Å²) in [5.41, 5.74) is 6.06. The molecule has 0 aliphatic carbocycles. The molecule has 0 amide bonds. The summed E-state index contributed by atoms with van der Waals surface area (Å²) in [6.45, 7) is 11.6. The molecule has 0 aliphatic heterocycles. The third kappa shape index (κ3) is 6.20. The van der Waals surface area contributed by atoms with Crippen LogP contribution in [0.3, 0.4) is 0 Å². The summed E-state index contributed by atoms with van der Waals surface area (Å²) < 4.78 is 0. The van der Waals surface area contributed by atoms with E-state index in [-0.39, 0.29) is 0 Å². The highest BCUT2D eigenvalue weighted by Crippen LogP contribution is 2.17. The molecular formula is C10H22N2. The Morgan fingerprint density at radius 2 is 1.83 bits per heavy atom. The van der Waals surface area contributed by atoms with Crippen molar-refractivity contribution in [3.05, 3.63) is 0 Å². The summed E-state index contributed by atoms with van der Waals surface area (Å²) in [6, 6.07) is 0. The van der Waals surface area contributed by atoms with E-state index in [1.165, 1.54) is 0 Å². The normalized spacial score (nSPS) is 14.0. The van der Waals surface area contributed by atoms with Crippen LogP contribution in [0.5, 0.6) is 0 Å². The number of amidine groups is 1. The third-order valence-electron chi connectivity index (χ3n) is 1.75. The Hall–Kier alpha value is -0.530. The molecule has 0 bridgehead atoms. The largest absolute Gasteiger partial charge is 0.387 e. The standard InChI is InChI=1S/C10H22N2/c1-8(2)9(11)12-7-6-10(3,4)5/h8H,6-7H2,1-5H3,(H2,11,12). The Kier molecular flexibility index (Phi) is 4.29. The van der Waals surface area contributed by atoms with Crippen LogP contribution in [0.15, 0.2) is 4.99 Å². The molecule has 0 aromatic heterocycles. The predicted molar refractivity (Wildman–Crippen MR) is 55.4 cm³/mol. The molecule has 0 radical (unpaired) electrons. The summed E-state index contributed by atoms with van der Waals surface area (Å²) >= 11 is 0. The van der Waals surface area contributed by atoms with Crippen LogP contribution in [0.25, 0.3) is 0 Å². The van der Waals surface area contributed by atoms with Crippen molar-refractivity contribution in [1.29, 1.82) is 0 Å². The van der Waals surface area contributed by atoms with Gasteiger partial charge in [-0.15, -0.1) is 0 Å². The zero-order chi connectivity index (χ0) is 9.78. The summed E-state index contributed by atoms with van der Waals surface area (Å²) in [6.07, 6.45) is 1.10. The maximum absolute atomic E-state index is 5.70. The van der Waals surface area contributed by atoms with Crippen molar-refractivity contribution in [1.82, 2.24) is 0 Å². The smallest absolute Gasteiger partial charge is 0.0962 e. The lowest BCUT2D eigenvalue weighted by molar-refractivity contribution is 0.385. The number of aliphatic imine (C=N–C) groups is 1. The van der Waals surface area contributed by atoms with Crippen molar-refractivity contribution in [2.24, 2.45) is 22.1 Å². The second kappa shape index (κ2) is 4.48. The van der Waals surface area contributed by atoms with Crippen LogP contribution in [0.1, 0.15) is 41.0 Å². The topological polar surface area (TPSA) is 38.4 Å². The van der Waals surface area contributed by atoms with Crippen LogP contribution in [-0.2, 0) is 0 Å². The van der Waals surface area contributed by atoms with Gasteiger partial charge in [-0.1, -0.05) is 34.6 Å². The van der Waals surface area contributed by atoms with Crippen LogP contribution in [0.4, 0.5) is 0 Å². The van der Waals surface area contributed by atoms with Crippen molar-refractivity contribution in [3.8, 4) is 0 Å². The Morgan fingerprint density at radius 1 is 1.33 bits per heavy atom. The highest BCUT2D eigenvalue weighted by atomic mass is 14.9. The fraction of sp³-hybridized carbons (Fsp3) is 0.900. The zero-order valence-electron chi connectivity index (χ0n) is 9.02. The Morgan fingerprint density at radius 3 is 2.17 bits per heavy atom. The summed E-state index contributed by atoms with van der Waals surface area (Å²) in [5, 5.41) is 0. The van der Waals surface area contributed by atoms with E-state index in [2.05, 4.69) is 39.6 Å². The maximum atomic E-state index is 5.70. The minimum atomic E-state index is 0.362. The lowest BCUT2D eigenvalue weighted by atomic mass is 9.92. The average molecular weight is 170 g/mol. The molecule has 0 aromatic rings.